The molecule has 1 aromatic heterocycles. The quantitative estimate of drug-likeness (QED) is 0.456. The van der Waals surface area contributed by atoms with Gasteiger partial charge in [-0.1, -0.05) is 25.0 Å². The van der Waals surface area contributed by atoms with Crippen molar-refractivity contribution in [3.8, 4) is 11.5 Å². The van der Waals surface area contributed by atoms with Crippen molar-refractivity contribution in [2.75, 3.05) is 19.0 Å². The van der Waals surface area contributed by atoms with E-state index in [2.05, 4.69) is 15.0 Å². The Kier molecular flexibility index (Phi) is 7.49. The topological polar surface area (TPSA) is 112 Å². The lowest BCUT2D eigenvalue weighted by atomic mass is 10.2. The van der Waals surface area contributed by atoms with Crippen LogP contribution < -0.4 is 19.5 Å². The van der Waals surface area contributed by atoms with Crippen LogP contribution in [0.3, 0.4) is 0 Å². The first-order valence-corrected chi connectivity index (χ1v) is 12.6. The Hall–Kier alpha value is -3.37. The lowest BCUT2D eigenvalue weighted by molar-refractivity contribution is 0.102. The second kappa shape index (κ2) is 10.7. The zero-order chi connectivity index (χ0) is 24.0. The Morgan fingerprint density at radius 2 is 1.94 bits per heavy atom. The van der Waals surface area contributed by atoms with E-state index in [-0.39, 0.29) is 22.3 Å². The maximum Gasteiger partial charge on any atom is 0.255 e. The number of ether oxygens (including phenoxy) is 2. The van der Waals surface area contributed by atoms with E-state index in [0.717, 1.165) is 25.7 Å². The van der Waals surface area contributed by atoms with Gasteiger partial charge in [-0.2, -0.15) is 0 Å². The van der Waals surface area contributed by atoms with Crippen molar-refractivity contribution in [1.29, 1.82) is 0 Å². The van der Waals surface area contributed by atoms with Gasteiger partial charge in [0.25, 0.3) is 5.91 Å². The van der Waals surface area contributed by atoms with Crippen molar-refractivity contribution >= 4 is 21.6 Å². The third-order valence-corrected chi connectivity index (χ3v) is 7.24. The van der Waals surface area contributed by atoms with E-state index >= 15 is 0 Å². The summed E-state index contributed by atoms with van der Waals surface area (Å²) in [4.78, 5) is 17.0. The summed E-state index contributed by atoms with van der Waals surface area (Å²) in [6, 6.07) is 11.4. The SMILES string of the molecule is COc1ccc(C(=O)Nc2ccccc2OCCn2ccnc2)cc1S(=O)(=O)NC1CCCC1. The standard InChI is InChI=1S/C24H28N4O5S/c1-32-22-11-10-18(16-23(22)34(30,31)27-19-6-2-3-7-19)24(29)26-20-8-4-5-9-21(20)33-15-14-28-13-12-25-17-28/h4-5,8-13,16-17,19,27H,2-3,6-7,14-15H2,1H3,(H,26,29). The fourth-order valence-electron chi connectivity index (χ4n) is 3.92. The largest absolute Gasteiger partial charge is 0.495 e. The summed E-state index contributed by atoms with van der Waals surface area (Å²) in [6.07, 6.45) is 8.84. The van der Waals surface area contributed by atoms with E-state index < -0.39 is 15.9 Å². The molecule has 0 bridgehead atoms. The molecule has 1 fully saturated rings. The smallest absolute Gasteiger partial charge is 0.255 e. The van der Waals surface area contributed by atoms with Gasteiger partial charge in [-0.15, -0.1) is 0 Å². The molecule has 2 aromatic carbocycles. The van der Waals surface area contributed by atoms with Crippen molar-refractivity contribution in [2.24, 2.45) is 0 Å². The van der Waals surface area contributed by atoms with E-state index in [1.165, 1.54) is 25.3 Å². The number of nitrogens with one attached hydrogen (secondary N) is 2. The number of sulfonamides is 1. The van der Waals surface area contributed by atoms with E-state index in [9.17, 15) is 13.2 Å². The first kappa shape index (κ1) is 23.8. The molecule has 1 aliphatic carbocycles. The van der Waals surface area contributed by atoms with Gasteiger partial charge in [-0.05, 0) is 43.2 Å². The van der Waals surface area contributed by atoms with Gasteiger partial charge in [0.05, 0.1) is 25.7 Å². The molecule has 0 aliphatic heterocycles. The van der Waals surface area contributed by atoms with Crippen LogP contribution in [-0.4, -0.2) is 43.6 Å². The number of nitrogens with zero attached hydrogens (tertiary/aromatic N) is 2. The molecule has 4 rings (SSSR count). The number of carbonyl (C=O) groups is 1. The molecule has 3 aromatic rings. The van der Waals surface area contributed by atoms with Crippen LogP contribution in [-0.2, 0) is 16.6 Å². The number of hydrogen-bond acceptors (Lipinski definition) is 6. The molecule has 9 nitrogen and oxygen atoms in total. The van der Waals surface area contributed by atoms with Crippen molar-refractivity contribution in [3.05, 3.63) is 66.7 Å². The summed E-state index contributed by atoms with van der Waals surface area (Å²) in [5, 5.41) is 2.82. The fraction of sp³-hybridized carbons (Fsp3) is 0.333. The lowest BCUT2D eigenvalue weighted by Gasteiger charge is -2.16. The monoisotopic (exact) mass is 484 g/mol. The molecule has 180 valence electrons. The number of benzene rings is 2. The molecule has 1 heterocycles. The third-order valence-electron chi connectivity index (χ3n) is 5.69. The summed E-state index contributed by atoms with van der Waals surface area (Å²) in [7, 11) is -2.44. The summed E-state index contributed by atoms with van der Waals surface area (Å²) >= 11 is 0. The molecule has 0 saturated heterocycles. The zero-order valence-electron chi connectivity index (χ0n) is 18.9. The van der Waals surface area contributed by atoms with Crippen LogP contribution in [0.4, 0.5) is 5.69 Å². The average molecular weight is 485 g/mol. The van der Waals surface area contributed by atoms with Gasteiger partial charge < -0.3 is 19.4 Å². The molecule has 0 spiro atoms. The number of rotatable bonds is 10. The number of para-hydroxylation sites is 2. The lowest BCUT2D eigenvalue weighted by Crippen LogP contribution is -2.33. The number of hydrogen-bond donors (Lipinski definition) is 2. The molecule has 2 N–H and O–H groups in total. The van der Waals surface area contributed by atoms with Crippen LogP contribution in [0.1, 0.15) is 36.0 Å². The summed E-state index contributed by atoms with van der Waals surface area (Å²) in [6.45, 7) is 0.997. The van der Waals surface area contributed by atoms with Gasteiger partial charge in [-0.25, -0.2) is 18.1 Å². The average Bonchev–Trinajstić information content (AvgIpc) is 3.54. The van der Waals surface area contributed by atoms with Gasteiger partial charge >= 0.3 is 0 Å². The summed E-state index contributed by atoms with van der Waals surface area (Å²) in [5.41, 5.74) is 0.684. The minimum Gasteiger partial charge on any atom is -0.495 e. The Bertz CT molecular complexity index is 1220. The maximum atomic E-state index is 13.0. The Morgan fingerprint density at radius 1 is 1.15 bits per heavy atom. The molecule has 1 saturated carbocycles. The first-order chi connectivity index (χ1) is 16.5. The Balaban J connectivity index is 1.49. The number of methoxy groups -OCH3 is 1. The van der Waals surface area contributed by atoms with Crippen LogP contribution in [0.2, 0.25) is 0 Å². The maximum absolute atomic E-state index is 13.0. The number of imidazole rings is 1. The zero-order valence-corrected chi connectivity index (χ0v) is 19.8. The second-order valence-electron chi connectivity index (χ2n) is 8.07. The van der Waals surface area contributed by atoms with Crippen LogP contribution in [0.5, 0.6) is 11.5 Å². The van der Waals surface area contributed by atoms with Gasteiger partial charge in [-0.3, -0.25) is 4.79 Å². The summed E-state index contributed by atoms with van der Waals surface area (Å²) < 4.78 is 41.8. The minimum atomic E-state index is -3.84. The van der Waals surface area contributed by atoms with Crippen molar-refractivity contribution in [3.63, 3.8) is 0 Å². The number of anilines is 1. The Labute approximate surface area is 199 Å². The number of amides is 1. The van der Waals surface area contributed by atoms with E-state index in [4.69, 9.17) is 9.47 Å². The van der Waals surface area contributed by atoms with E-state index in [1.807, 2.05) is 16.8 Å². The van der Waals surface area contributed by atoms with Gasteiger partial charge in [0, 0.05) is 24.0 Å². The highest BCUT2D eigenvalue weighted by Gasteiger charge is 2.26. The molecule has 0 unspecified atom stereocenters. The molecule has 1 aliphatic rings. The first-order valence-electron chi connectivity index (χ1n) is 11.2. The van der Waals surface area contributed by atoms with Crippen LogP contribution in [0.15, 0.2) is 66.1 Å². The van der Waals surface area contributed by atoms with E-state index in [1.54, 1.807) is 30.7 Å². The minimum absolute atomic E-state index is 0.0561. The van der Waals surface area contributed by atoms with E-state index in [0.29, 0.717) is 24.6 Å². The highest BCUT2D eigenvalue weighted by atomic mass is 32.2. The number of carbonyl (C=O) groups excluding carboxylic acids is 1. The highest BCUT2D eigenvalue weighted by molar-refractivity contribution is 7.89. The summed E-state index contributed by atoms with van der Waals surface area (Å²) in [5.74, 6) is 0.246. The second-order valence-corrected chi connectivity index (χ2v) is 9.75. The predicted octanol–water partition coefficient (Wildman–Crippen LogP) is 3.44. The molecular formula is C24H28N4O5S. The number of aromatic nitrogens is 2. The van der Waals surface area contributed by atoms with Crippen LogP contribution in [0, 0.1) is 0 Å². The normalized spacial score (nSPS) is 14.1. The molecule has 34 heavy (non-hydrogen) atoms. The van der Waals surface area contributed by atoms with Crippen molar-refractivity contribution in [1.82, 2.24) is 14.3 Å². The molecule has 10 heteroatoms. The van der Waals surface area contributed by atoms with Crippen LogP contribution in [0.25, 0.3) is 0 Å². The van der Waals surface area contributed by atoms with Crippen LogP contribution >= 0.6 is 0 Å². The molecule has 1 amide bonds. The van der Waals surface area contributed by atoms with Gasteiger partial charge in [0.15, 0.2) is 0 Å². The third kappa shape index (κ3) is 5.75. The molecule has 0 radical (unpaired) electrons. The van der Waals surface area contributed by atoms with Gasteiger partial charge in [0.2, 0.25) is 10.0 Å². The molecular weight excluding hydrogens is 456 g/mol. The van der Waals surface area contributed by atoms with Gasteiger partial charge in [0.1, 0.15) is 23.0 Å². The van der Waals surface area contributed by atoms with Crippen molar-refractivity contribution in [2.45, 2.75) is 43.2 Å². The predicted molar refractivity (Wildman–Crippen MR) is 128 cm³/mol. The Morgan fingerprint density at radius 3 is 2.68 bits per heavy atom. The van der Waals surface area contributed by atoms with Crippen molar-refractivity contribution < 1.29 is 22.7 Å². The highest BCUT2D eigenvalue weighted by Crippen LogP contribution is 2.29. The molecule has 0 atom stereocenters. The fourth-order valence-corrected chi connectivity index (χ4v) is 5.42.